The molecule has 1 aromatic carbocycles. The summed E-state index contributed by atoms with van der Waals surface area (Å²) in [5.41, 5.74) is 7.38. The van der Waals surface area contributed by atoms with Crippen LogP contribution in [0.15, 0.2) is 24.3 Å². The quantitative estimate of drug-likeness (QED) is 0.787. The molecule has 0 heterocycles. The highest BCUT2D eigenvalue weighted by Gasteiger charge is 2.36. The molecule has 0 spiro atoms. The van der Waals surface area contributed by atoms with E-state index in [1.54, 1.807) is 0 Å². The summed E-state index contributed by atoms with van der Waals surface area (Å²) in [5, 5.41) is 8.70. The van der Waals surface area contributed by atoms with Crippen molar-refractivity contribution >= 4 is 12.3 Å². The highest BCUT2D eigenvalue weighted by Crippen LogP contribution is 2.39. The Morgan fingerprint density at radius 1 is 1.29 bits per heavy atom. The standard InChI is InChI=1S/C17H23NO3/c18-11-14-7-9-17(12-19,10-8-14)15-4-1-13(2-5-15)3-6-16(20)21/h1-2,4-5,12,14H,3,6-11,18H2,(H,20,21). The number of aliphatic carboxylic acids is 1. The topological polar surface area (TPSA) is 80.4 Å². The van der Waals surface area contributed by atoms with Crippen LogP contribution in [0.3, 0.4) is 0 Å². The van der Waals surface area contributed by atoms with Crippen LogP contribution >= 0.6 is 0 Å². The van der Waals surface area contributed by atoms with Crippen molar-refractivity contribution in [1.82, 2.24) is 0 Å². The Balaban J connectivity index is 2.09. The third-order valence-corrected chi connectivity index (χ3v) is 4.71. The van der Waals surface area contributed by atoms with Crippen LogP contribution in [0.4, 0.5) is 0 Å². The minimum atomic E-state index is -0.788. The van der Waals surface area contributed by atoms with Gasteiger partial charge in [0.1, 0.15) is 6.29 Å². The molecule has 114 valence electrons. The molecule has 0 radical (unpaired) electrons. The number of carboxylic acid groups (broad SMARTS) is 1. The van der Waals surface area contributed by atoms with Gasteiger partial charge in [0, 0.05) is 6.42 Å². The van der Waals surface area contributed by atoms with Crippen molar-refractivity contribution in [3.63, 3.8) is 0 Å². The zero-order valence-corrected chi connectivity index (χ0v) is 12.3. The highest BCUT2D eigenvalue weighted by atomic mass is 16.4. The summed E-state index contributed by atoms with van der Waals surface area (Å²) in [6, 6.07) is 7.85. The van der Waals surface area contributed by atoms with Gasteiger partial charge in [0.25, 0.3) is 0 Å². The summed E-state index contributed by atoms with van der Waals surface area (Å²) >= 11 is 0. The van der Waals surface area contributed by atoms with E-state index in [1.165, 1.54) is 0 Å². The van der Waals surface area contributed by atoms with Crippen LogP contribution in [0.2, 0.25) is 0 Å². The number of hydrogen-bond donors (Lipinski definition) is 2. The molecule has 21 heavy (non-hydrogen) atoms. The van der Waals surface area contributed by atoms with Crippen LogP contribution in [0.5, 0.6) is 0 Å². The van der Waals surface area contributed by atoms with Gasteiger partial charge >= 0.3 is 5.97 Å². The Morgan fingerprint density at radius 2 is 1.90 bits per heavy atom. The number of aryl methyl sites for hydroxylation is 1. The largest absolute Gasteiger partial charge is 0.481 e. The number of benzene rings is 1. The Morgan fingerprint density at radius 3 is 2.38 bits per heavy atom. The number of rotatable bonds is 6. The average molecular weight is 289 g/mol. The van der Waals surface area contributed by atoms with Gasteiger partial charge in [0.05, 0.1) is 5.41 Å². The van der Waals surface area contributed by atoms with E-state index in [1.807, 2.05) is 24.3 Å². The first-order valence-corrected chi connectivity index (χ1v) is 7.57. The minimum Gasteiger partial charge on any atom is -0.481 e. The van der Waals surface area contributed by atoms with Gasteiger partial charge in [-0.2, -0.15) is 0 Å². The van der Waals surface area contributed by atoms with Crippen LogP contribution < -0.4 is 5.73 Å². The molecule has 1 fully saturated rings. The van der Waals surface area contributed by atoms with E-state index in [2.05, 4.69) is 0 Å². The fourth-order valence-corrected chi connectivity index (χ4v) is 3.16. The van der Waals surface area contributed by atoms with Gasteiger partial charge in [0.15, 0.2) is 0 Å². The van der Waals surface area contributed by atoms with Crippen LogP contribution in [0.25, 0.3) is 0 Å². The maximum atomic E-state index is 11.7. The Hall–Kier alpha value is -1.68. The fourth-order valence-electron chi connectivity index (χ4n) is 3.16. The van der Waals surface area contributed by atoms with Crippen molar-refractivity contribution in [1.29, 1.82) is 0 Å². The van der Waals surface area contributed by atoms with E-state index in [0.717, 1.165) is 43.1 Å². The van der Waals surface area contributed by atoms with Crippen LogP contribution in [-0.2, 0) is 21.4 Å². The number of carbonyl (C=O) groups is 2. The second-order valence-corrected chi connectivity index (χ2v) is 6.04. The lowest BCUT2D eigenvalue weighted by Gasteiger charge is -2.36. The molecular weight excluding hydrogens is 266 g/mol. The van der Waals surface area contributed by atoms with Crippen molar-refractivity contribution in [2.24, 2.45) is 11.7 Å². The van der Waals surface area contributed by atoms with Crippen molar-refractivity contribution in [2.45, 2.75) is 43.9 Å². The molecule has 2 rings (SSSR count). The molecule has 0 amide bonds. The lowest BCUT2D eigenvalue weighted by molar-refractivity contribution is -0.137. The summed E-state index contributed by atoms with van der Waals surface area (Å²) in [6.45, 7) is 0.697. The maximum Gasteiger partial charge on any atom is 0.303 e. The first-order chi connectivity index (χ1) is 10.1. The molecule has 1 aliphatic carbocycles. The zero-order chi connectivity index (χ0) is 15.3. The molecular formula is C17H23NO3. The van der Waals surface area contributed by atoms with E-state index in [4.69, 9.17) is 10.8 Å². The van der Waals surface area contributed by atoms with Crippen LogP contribution in [0.1, 0.15) is 43.2 Å². The second kappa shape index (κ2) is 6.85. The molecule has 0 aliphatic heterocycles. The van der Waals surface area contributed by atoms with Crippen molar-refractivity contribution < 1.29 is 14.7 Å². The van der Waals surface area contributed by atoms with Gasteiger partial charge in [-0.3, -0.25) is 4.79 Å². The van der Waals surface area contributed by atoms with E-state index in [9.17, 15) is 9.59 Å². The van der Waals surface area contributed by atoms with Gasteiger partial charge in [-0.15, -0.1) is 0 Å². The Bertz CT molecular complexity index is 487. The smallest absolute Gasteiger partial charge is 0.303 e. The summed E-state index contributed by atoms with van der Waals surface area (Å²) in [6.07, 6.45) is 5.45. The predicted octanol–water partition coefficient (Wildman–Crippen LogP) is 2.29. The molecule has 0 unspecified atom stereocenters. The van der Waals surface area contributed by atoms with Gasteiger partial charge < -0.3 is 15.6 Å². The van der Waals surface area contributed by atoms with Crippen molar-refractivity contribution in [2.75, 3.05) is 6.54 Å². The van der Waals surface area contributed by atoms with E-state index < -0.39 is 5.97 Å². The fraction of sp³-hybridized carbons (Fsp3) is 0.529. The molecule has 4 nitrogen and oxygen atoms in total. The lowest BCUT2D eigenvalue weighted by atomic mass is 9.67. The summed E-state index contributed by atoms with van der Waals surface area (Å²) in [7, 11) is 0. The Kier molecular flexibility index (Phi) is 5.12. The zero-order valence-electron chi connectivity index (χ0n) is 12.3. The van der Waals surface area contributed by atoms with Crippen molar-refractivity contribution in [3.05, 3.63) is 35.4 Å². The molecule has 0 bridgehead atoms. The number of carboxylic acids is 1. The van der Waals surface area contributed by atoms with Crippen LogP contribution in [0, 0.1) is 5.92 Å². The van der Waals surface area contributed by atoms with E-state index in [-0.39, 0.29) is 11.8 Å². The molecule has 1 aromatic rings. The second-order valence-electron chi connectivity index (χ2n) is 6.04. The van der Waals surface area contributed by atoms with Gasteiger partial charge in [-0.25, -0.2) is 0 Å². The number of aldehydes is 1. The third kappa shape index (κ3) is 3.70. The molecule has 0 aromatic heterocycles. The third-order valence-electron chi connectivity index (χ3n) is 4.71. The first kappa shape index (κ1) is 15.7. The van der Waals surface area contributed by atoms with E-state index >= 15 is 0 Å². The summed E-state index contributed by atoms with van der Waals surface area (Å²) in [5.74, 6) is -0.253. The molecule has 3 N–H and O–H groups in total. The van der Waals surface area contributed by atoms with Crippen molar-refractivity contribution in [3.8, 4) is 0 Å². The predicted molar refractivity (Wildman–Crippen MR) is 81.2 cm³/mol. The molecule has 0 saturated heterocycles. The highest BCUT2D eigenvalue weighted by molar-refractivity contribution is 5.69. The summed E-state index contributed by atoms with van der Waals surface area (Å²) in [4.78, 5) is 22.3. The minimum absolute atomic E-state index is 0.135. The van der Waals surface area contributed by atoms with E-state index in [0.29, 0.717) is 18.9 Å². The number of nitrogens with two attached hydrogens (primary N) is 1. The van der Waals surface area contributed by atoms with Gasteiger partial charge in [-0.1, -0.05) is 24.3 Å². The number of carbonyl (C=O) groups excluding carboxylic acids is 1. The first-order valence-electron chi connectivity index (χ1n) is 7.57. The molecule has 0 atom stereocenters. The van der Waals surface area contributed by atoms with Gasteiger partial charge in [-0.05, 0) is 55.7 Å². The SMILES string of the molecule is NCC1CCC(C=O)(c2ccc(CCC(=O)O)cc2)CC1. The molecule has 4 heteroatoms. The molecule has 1 saturated carbocycles. The molecule has 1 aliphatic rings. The Labute approximate surface area is 125 Å². The summed E-state index contributed by atoms with van der Waals surface area (Å²) < 4.78 is 0. The normalized spacial score (nSPS) is 25.5. The monoisotopic (exact) mass is 289 g/mol. The lowest BCUT2D eigenvalue weighted by Crippen LogP contribution is -2.35. The van der Waals surface area contributed by atoms with Crippen LogP contribution in [-0.4, -0.2) is 23.9 Å². The van der Waals surface area contributed by atoms with Gasteiger partial charge in [0.2, 0.25) is 0 Å². The average Bonchev–Trinajstić information content (AvgIpc) is 2.53. The number of hydrogen-bond acceptors (Lipinski definition) is 3. The maximum absolute atomic E-state index is 11.7.